The number of aromatic nitrogens is 1. The van der Waals surface area contributed by atoms with Crippen molar-refractivity contribution in [3.05, 3.63) is 6.07 Å². The van der Waals surface area contributed by atoms with E-state index < -0.39 is 0 Å². The molecule has 13 heavy (non-hydrogen) atoms. The number of rotatable bonds is 0. The van der Waals surface area contributed by atoms with Crippen molar-refractivity contribution in [2.45, 2.75) is 10.1 Å². The van der Waals surface area contributed by atoms with E-state index in [4.69, 9.17) is 11.5 Å². The van der Waals surface area contributed by atoms with E-state index >= 15 is 0 Å². The van der Waals surface area contributed by atoms with E-state index in [-0.39, 0.29) is 37.2 Å². The number of anilines is 2. The Bertz CT molecular complexity index is 221. The highest BCUT2D eigenvalue weighted by Gasteiger charge is 1.99. The maximum absolute atomic E-state index is 5.44. The molecule has 0 saturated carbocycles. The molecule has 0 saturated heterocycles. The predicted molar refractivity (Wildman–Crippen MR) is 69.3 cm³/mol. The monoisotopic (exact) mass is 281 g/mol. The van der Waals surface area contributed by atoms with Crippen LogP contribution in [0.2, 0.25) is 0 Å². The van der Waals surface area contributed by atoms with Gasteiger partial charge >= 0.3 is 0 Å². The van der Waals surface area contributed by atoms with Crippen LogP contribution in [0.25, 0.3) is 0 Å². The van der Waals surface area contributed by atoms with Crippen molar-refractivity contribution in [3.63, 3.8) is 0 Å². The summed E-state index contributed by atoms with van der Waals surface area (Å²) in [4.78, 5) is 3.85. The van der Waals surface area contributed by atoms with Gasteiger partial charge < -0.3 is 11.5 Å². The number of pyridine rings is 1. The van der Waals surface area contributed by atoms with E-state index in [0.29, 0.717) is 21.4 Å². The van der Waals surface area contributed by atoms with Crippen LogP contribution in [0.5, 0.6) is 0 Å². The number of thiol groups is 2. The zero-order valence-electron chi connectivity index (χ0n) is 6.30. The first-order valence-electron chi connectivity index (χ1n) is 2.55. The van der Waals surface area contributed by atoms with Crippen molar-refractivity contribution in [1.82, 2.24) is 4.98 Å². The summed E-state index contributed by atoms with van der Waals surface area (Å²) in [5, 5.41) is 0.915. The third-order valence-corrected chi connectivity index (χ3v) is 1.76. The van der Waals surface area contributed by atoms with Crippen molar-refractivity contribution < 1.29 is 0 Å². The fourth-order valence-corrected chi connectivity index (χ4v) is 0.934. The average molecular weight is 283 g/mol. The summed E-state index contributed by atoms with van der Waals surface area (Å²) in [7, 11) is 0. The zero-order valence-corrected chi connectivity index (χ0v) is 10.5. The third-order valence-electron chi connectivity index (χ3n) is 1.04. The largest absolute Gasteiger partial charge is 0.396 e. The lowest BCUT2D eigenvalue weighted by atomic mass is 10.4. The lowest BCUT2D eigenvalue weighted by Crippen LogP contribution is -1.95. The van der Waals surface area contributed by atoms with Gasteiger partial charge in [0.15, 0.2) is 0 Å². The molecule has 1 heterocycles. The minimum Gasteiger partial charge on any atom is -0.396 e. The van der Waals surface area contributed by atoms with Gasteiger partial charge in [-0.3, -0.25) is 0 Å². The van der Waals surface area contributed by atoms with Gasteiger partial charge in [-0.05, 0) is 6.07 Å². The molecule has 0 fully saturated rings. The molecular formula is C5H10Cl3N3S2. The van der Waals surface area contributed by atoms with Crippen molar-refractivity contribution in [2.75, 3.05) is 11.5 Å². The first-order chi connectivity index (χ1) is 4.61. The van der Waals surface area contributed by atoms with Crippen molar-refractivity contribution >= 4 is 73.9 Å². The van der Waals surface area contributed by atoms with Crippen molar-refractivity contribution in [2.24, 2.45) is 0 Å². The minimum absolute atomic E-state index is 0. The molecule has 0 radical (unpaired) electrons. The Kier molecular flexibility index (Phi) is 11.2. The van der Waals surface area contributed by atoms with Crippen LogP contribution in [-0.2, 0) is 0 Å². The number of hydrogen-bond donors (Lipinski definition) is 4. The molecule has 78 valence electrons. The summed E-state index contributed by atoms with van der Waals surface area (Å²) in [5.41, 5.74) is 11.8. The van der Waals surface area contributed by atoms with Crippen LogP contribution in [0, 0.1) is 0 Å². The summed E-state index contributed by atoms with van der Waals surface area (Å²) >= 11 is 7.95. The second-order valence-electron chi connectivity index (χ2n) is 1.81. The molecule has 3 nitrogen and oxygen atoms in total. The topological polar surface area (TPSA) is 64.9 Å². The van der Waals surface area contributed by atoms with Crippen molar-refractivity contribution in [3.8, 4) is 0 Å². The molecule has 1 rings (SSSR count). The lowest BCUT2D eigenvalue weighted by molar-refractivity contribution is 1.03. The average Bonchev–Trinajstić information content (AvgIpc) is 1.84. The Morgan fingerprint density at radius 2 is 1.23 bits per heavy atom. The smallest absolute Gasteiger partial charge is 0.117 e. The van der Waals surface area contributed by atoms with E-state index in [2.05, 4.69) is 30.2 Å². The second kappa shape index (κ2) is 7.70. The number of halogens is 3. The van der Waals surface area contributed by atoms with Crippen molar-refractivity contribution in [1.29, 1.82) is 0 Å². The maximum Gasteiger partial charge on any atom is 0.117 e. The molecule has 4 N–H and O–H groups in total. The first-order valence-corrected chi connectivity index (χ1v) is 3.44. The highest BCUT2D eigenvalue weighted by Crippen LogP contribution is 2.21. The van der Waals surface area contributed by atoms with Crippen LogP contribution in [0.4, 0.5) is 11.4 Å². The Hall–Kier alpha value is 0.320. The Morgan fingerprint density at radius 3 is 1.46 bits per heavy atom. The van der Waals surface area contributed by atoms with Gasteiger partial charge in [0.1, 0.15) is 10.1 Å². The Morgan fingerprint density at radius 1 is 0.923 bits per heavy atom. The van der Waals surface area contributed by atoms with Gasteiger partial charge in [0.05, 0.1) is 11.4 Å². The number of nitrogens with zero attached hydrogens (tertiary/aromatic N) is 1. The normalized spacial score (nSPS) is 7.54. The maximum atomic E-state index is 5.44. The molecule has 8 heteroatoms. The summed E-state index contributed by atoms with van der Waals surface area (Å²) in [6.45, 7) is 0. The van der Waals surface area contributed by atoms with Gasteiger partial charge in [-0.25, -0.2) is 4.98 Å². The molecule has 0 aliphatic heterocycles. The van der Waals surface area contributed by atoms with E-state index in [1.807, 2.05) is 0 Å². The fraction of sp³-hybridized carbons (Fsp3) is 0. The molecule has 0 atom stereocenters. The molecule has 1 aromatic rings. The van der Waals surface area contributed by atoms with E-state index in [1.165, 1.54) is 0 Å². The summed E-state index contributed by atoms with van der Waals surface area (Å²) in [6, 6.07) is 1.58. The molecule has 0 amide bonds. The highest BCUT2D eigenvalue weighted by atomic mass is 35.5. The molecule has 0 aliphatic carbocycles. The standard InChI is InChI=1S/C5H7N3S2.3ClH/c6-2-1-3(7)5(10)8-4(2)9;;;/h1H,6-7H2,(H2,8,9,10);3*1H. The third kappa shape index (κ3) is 4.93. The zero-order chi connectivity index (χ0) is 7.72. The van der Waals surface area contributed by atoms with Crippen LogP contribution in [-0.4, -0.2) is 4.98 Å². The molecule has 0 bridgehead atoms. The van der Waals surface area contributed by atoms with Gasteiger partial charge in [0.25, 0.3) is 0 Å². The van der Waals surface area contributed by atoms with Crippen LogP contribution >= 0.6 is 62.5 Å². The van der Waals surface area contributed by atoms with Gasteiger partial charge in [-0.1, -0.05) is 0 Å². The minimum atomic E-state index is 0. The Balaban J connectivity index is -0.000000333. The van der Waals surface area contributed by atoms with E-state index in [9.17, 15) is 0 Å². The quantitative estimate of drug-likeness (QED) is 0.551. The molecular weight excluding hydrogens is 273 g/mol. The molecule has 0 unspecified atom stereocenters. The van der Waals surface area contributed by atoms with Crippen LogP contribution in [0.1, 0.15) is 0 Å². The summed E-state index contributed by atoms with van der Waals surface area (Å²) in [5.74, 6) is 0. The summed E-state index contributed by atoms with van der Waals surface area (Å²) < 4.78 is 0. The number of nitrogen functional groups attached to an aromatic ring is 2. The summed E-state index contributed by atoms with van der Waals surface area (Å²) in [6.07, 6.45) is 0. The van der Waals surface area contributed by atoms with Gasteiger partial charge in [-0.15, -0.1) is 62.5 Å². The van der Waals surface area contributed by atoms with E-state index in [1.54, 1.807) is 6.07 Å². The molecule has 1 aromatic heterocycles. The van der Waals surface area contributed by atoms with Gasteiger partial charge in [0.2, 0.25) is 0 Å². The molecule has 0 spiro atoms. The van der Waals surface area contributed by atoms with Crippen LogP contribution in [0.3, 0.4) is 0 Å². The van der Waals surface area contributed by atoms with Gasteiger partial charge in [-0.2, -0.15) is 0 Å². The fourth-order valence-electron chi connectivity index (χ4n) is 0.526. The molecule has 0 aliphatic rings. The predicted octanol–water partition coefficient (Wildman–Crippen LogP) is 2.09. The number of nitrogens with two attached hydrogens (primary N) is 2. The Labute approximate surface area is 106 Å². The number of hydrogen-bond acceptors (Lipinski definition) is 5. The van der Waals surface area contributed by atoms with E-state index in [0.717, 1.165) is 0 Å². The second-order valence-corrected chi connectivity index (χ2v) is 2.66. The van der Waals surface area contributed by atoms with Crippen LogP contribution < -0.4 is 11.5 Å². The highest BCUT2D eigenvalue weighted by molar-refractivity contribution is 7.81. The lowest BCUT2D eigenvalue weighted by Gasteiger charge is -2.01. The van der Waals surface area contributed by atoms with Crippen LogP contribution in [0.15, 0.2) is 16.1 Å². The first kappa shape index (κ1) is 19.0. The SMILES string of the molecule is Cl.Cl.Cl.Nc1cc(N)c(S)nc1S. The molecule has 0 aromatic carbocycles. The van der Waals surface area contributed by atoms with Gasteiger partial charge in [0, 0.05) is 0 Å².